The molecule has 6 heavy (non-hydrogen) atoms. The third-order valence-electron chi connectivity index (χ3n) is 0. The number of rotatable bonds is 0. The first-order valence-electron chi connectivity index (χ1n) is 1.00. The van der Waals surface area contributed by atoms with Gasteiger partial charge in [0.2, 0.25) is 0 Å². The van der Waals surface area contributed by atoms with Crippen LogP contribution in [-0.2, 0) is 11.0 Å². The minimum atomic E-state index is 0. The Hall–Kier alpha value is -0.120. The van der Waals surface area contributed by atoms with E-state index in [-0.39, 0.29) is 18.4 Å². The molecule has 0 radical (unpaired) electrons. The molecule has 0 saturated carbocycles. The Bertz CT molecular complexity index is 8.75. The first kappa shape index (κ1) is 39.6. The zero-order chi connectivity index (χ0) is 2.71. The van der Waals surface area contributed by atoms with Crippen molar-refractivity contribution < 1.29 is 11.0 Å². The van der Waals surface area contributed by atoms with Gasteiger partial charge in [-0.2, -0.15) is 0 Å². The van der Waals surface area contributed by atoms with Crippen LogP contribution in [0.1, 0.15) is 0 Å². The second kappa shape index (κ2) is 94.9. The average Bonchev–Trinajstić information content (AvgIpc) is 0.918. The molecule has 1 N–H and O–H groups in total. The minimum Gasteiger partial charge on any atom is -2.00 e. The maximum Gasteiger partial charge on any atom is 4.00 e. The molecule has 0 aromatic carbocycles. The molecule has 0 atom stereocenters. The molecule has 0 aliphatic carbocycles. The summed E-state index contributed by atoms with van der Waals surface area (Å²) in [5.74, 6) is 0. The molecule has 0 bridgehead atoms. The van der Waals surface area contributed by atoms with Crippen LogP contribution in [-0.4, -0.2) is 14.1 Å². The Labute approximate surface area is 39.0 Å². The second-order valence-electron chi connectivity index (χ2n) is 0.500. The van der Waals surface area contributed by atoms with Crippen LogP contribution in [0.3, 0.4) is 0 Å². The van der Waals surface area contributed by atoms with Crippen LogP contribution >= 0.6 is 0 Å². The molecule has 3 heteroatoms. The van der Waals surface area contributed by atoms with Crippen LogP contribution in [0.25, 0.3) is 0 Å². The van der Waals surface area contributed by atoms with Gasteiger partial charge in [-0.25, -0.2) is 0 Å². The van der Waals surface area contributed by atoms with Crippen molar-refractivity contribution in [2.45, 2.75) is 0 Å². The van der Waals surface area contributed by atoms with Gasteiger partial charge in [0.15, 0.2) is 0 Å². The molecular formula is C3H7NO2. The van der Waals surface area contributed by atoms with Gasteiger partial charge in [0, 0.05) is 0 Å². The zero-order valence-corrected chi connectivity index (χ0v) is 3.82. The van der Waals surface area contributed by atoms with Crippen molar-refractivity contribution in [3.8, 4) is 0 Å². The fourth-order valence-electron chi connectivity index (χ4n) is 0. The van der Waals surface area contributed by atoms with E-state index in [0.29, 0.717) is 0 Å². The minimum absolute atomic E-state index is 0. The fraction of sp³-hybridized carbons (Fsp3) is 0.667. The largest absolute Gasteiger partial charge is 4.00 e. The molecule has 0 aliphatic heterocycles. The summed E-state index contributed by atoms with van der Waals surface area (Å²) < 4.78 is 0. The molecule has 0 aromatic heterocycles. The fourth-order valence-corrected chi connectivity index (χ4v) is 0. The van der Waals surface area contributed by atoms with Crippen molar-refractivity contribution in [1.29, 1.82) is 0 Å². The van der Waals surface area contributed by atoms with Crippen molar-refractivity contribution in [1.82, 2.24) is 5.32 Å². The molecule has 0 amide bonds. The molecule has 0 rings (SSSR count). The van der Waals surface area contributed by atoms with E-state index in [2.05, 4.69) is 5.32 Å². The van der Waals surface area contributed by atoms with Gasteiger partial charge in [0.1, 0.15) is 0 Å². The quantitative estimate of drug-likeness (QED) is 0.434. The van der Waals surface area contributed by atoms with Crippen molar-refractivity contribution in [3.63, 3.8) is 0 Å². The van der Waals surface area contributed by atoms with Crippen molar-refractivity contribution in [2.24, 2.45) is 0 Å². The average molecular weight is 89.1 g/mol. The summed E-state index contributed by atoms with van der Waals surface area (Å²) >= 11 is 0. The van der Waals surface area contributed by atoms with E-state index >= 15 is 0 Å². The van der Waals surface area contributed by atoms with E-state index < -0.39 is 0 Å². The number of hydrogen-bond donors (Lipinski definition) is 1. The molecule has 0 unspecified atom stereocenters. The smallest absolute Gasteiger partial charge is 2.00 e. The van der Waals surface area contributed by atoms with E-state index in [4.69, 9.17) is 0 Å². The number of hydrogen-bond acceptors (Lipinski definition) is 1. The maximum atomic E-state index is 2.75. The van der Waals surface area contributed by atoms with Crippen molar-refractivity contribution >= 4 is 0 Å². The van der Waals surface area contributed by atoms with Gasteiger partial charge < -0.3 is 16.3 Å². The zero-order valence-electron chi connectivity index (χ0n) is 3.82. The normalized spacial score (nSPS) is 3.00. The first-order valence-corrected chi connectivity index (χ1v) is 1.00. The summed E-state index contributed by atoms with van der Waals surface area (Å²) in [5, 5.41) is 2.75. The Morgan fingerprint density at radius 3 is 1.00 bits per heavy atom. The molecular weight excluding hydrogens is 82.0 g/mol. The summed E-state index contributed by atoms with van der Waals surface area (Å²) in [6, 6.07) is 0. The van der Waals surface area contributed by atoms with E-state index in [1.807, 2.05) is 14.1 Å². The van der Waals surface area contributed by atoms with Gasteiger partial charge in [-0.1, -0.05) is 0 Å². The summed E-state index contributed by atoms with van der Waals surface area (Å²) in [6.45, 7) is 0. The van der Waals surface area contributed by atoms with Crippen LogP contribution in [0.15, 0.2) is 0 Å². The third kappa shape index (κ3) is 2230. The topological polar surface area (TPSA) is 69.0 Å². The monoisotopic (exact) mass is 89.0 g/mol. The molecule has 0 spiro atoms. The Balaban J connectivity index is -0.00000000667. The van der Waals surface area contributed by atoms with Crippen LogP contribution in [0.2, 0.25) is 0 Å². The third-order valence-corrected chi connectivity index (χ3v) is 0. The Kier molecular flexibility index (Phi) is 626. The maximum absolute atomic E-state index is 2.75. The van der Waals surface area contributed by atoms with Gasteiger partial charge in [0.25, 0.3) is 0 Å². The molecule has 36 valence electrons. The van der Waals surface area contributed by atoms with Gasteiger partial charge in [-0.15, -0.1) is 0 Å². The van der Waals surface area contributed by atoms with Gasteiger partial charge in [0.05, 0.1) is 0 Å². The molecule has 0 fully saturated rings. The van der Waals surface area contributed by atoms with E-state index in [9.17, 15) is 0 Å². The van der Waals surface area contributed by atoms with Gasteiger partial charge in [-0.3, -0.25) is 0 Å². The SMILES string of the molecule is CNC.[C+4].[O-2].[O-2]. The molecule has 0 aromatic rings. The van der Waals surface area contributed by atoms with Crippen LogP contribution in [0.4, 0.5) is 0 Å². The van der Waals surface area contributed by atoms with E-state index in [1.165, 1.54) is 0 Å². The van der Waals surface area contributed by atoms with Crippen LogP contribution in [0, 0.1) is 7.43 Å². The first-order chi connectivity index (χ1) is 1.41. The summed E-state index contributed by atoms with van der Waals surface area (Å²) in [7, 11) is 3.75. The van der Waals surface area contributed by atoms with Gasteiger partial charge >= 0.3 is 7.43 Å². The molecule has 0 saturated heterocycles. The Morgan fingerprint density at radius 2 is 1.00 bits per heavy atom. The molecule has 0 aliphatic rings. The van der Waals surface area contributed by atoms with Crippen LogP contribution < -0.4 is 5.32 Å². The number of nitrogens with one attached hydrogen (secondary N) is 1. The van der Waals surface area contributed by atoms with Crippen LogP contribution in [0.5, 0.6) is 0 Å². The molecule has 0 heterocycles. The summed E-state index contributed by atoms with van der Waals surface area (Å²) in [4.78, 5) is 0. The molecule has 3 nitrogen and oxygen atoms in total. The summed E-state index contributed by atoms with van der Waals surface area (Å²) in [6.07, 6.45) is 0. The van der Waals surface area contributed by atoms with E-state index in [1.54, 1.807) is 0 Å². The van der Waals surface area contributed by atoms with Gasteiger partial charge in [-0.05, 0) is 14.1 Å². The predicted octanol–water partition coefficient (Wildman–Crippen LogP) is -0.321. The van der Waals surface area contributed by atoms with Crippen molar-refractivity contribution in [2.75, 3.05) is 14.1 Å². The predicted molar refractivity (Wildman–Crippen MR) is 19.6 cm³/mol. The second-order valence-corrected chi connectivity index (χ2v) is 0.500. The van der Waals surface area contributed by atoms with Crippen molar-refractivity contribution in [3.05, 3.63) is 7.43 Å². The Morgan fingerprint density at radius 1 is 1.00 bits per heavy atom. The van der Waals surface area contributed by atoms with E-state index in [0.717, 1.165) is 0 Å². The summed E-state index contributed by atoms with van der Waals surface area (Å²) in [5.41, 5.74) is 0. The standard InChI is InChI=1S/C2H7N.C.2O/c1-3-2;;;/h3H,1-2H3;;;/q;+4;2*-2.